The Kier molecular flexibility index (Phi) is 3.58. The van der Waals surface area contributed by atoms with Crippen molar-refractivity contribution in [2.24, 2.45) is 0 Å². The predicted octanol–water partition coefficient (Wildman–Crippen LogP) is 2.82. The molecule has 0 unspecified atom stereocenters. The van der Waals surface area contributed by atoms with E-state index in [9.17, 15) is 18.0 Å². The molecule has 6 heteroatoms. The molecule has 0 aliphatic heterocycles. The summed E-state index contributed by atoms with van der Waals surface area (Å²) >= 11 is 1.88. The molecule has 1 aromatic carbocycles. The van der Waals surface area contributed by atoms with Crippen molar-refractivity contribution in [1.29, 1.82) is 0 Å². The van der Waals surface area contributed by atoms with Gasteiger partial charge in [-0.1, -0.05) is 12.1 Å². The van der Waals surface area contributed by atoms with Crippen molar-refractivity contribution < 1.29 is 18.0 Å². The minimum atomic E-state index is -4.84. The fourth-order valence-corrected chi connectivity index (χ4v) is 1.77. The quantitative estimate of drug-likeness (QED) is 0.726. The first-order chi connectivity index (χ1) is 6.84. The Morgan fingerprint density at radius 3 is 2.33 bits per heavy atom. The van der Waals surface area contributed by atoms with Crippen LogP contribution in [0, 0.1) is 3.57 Å². The number of hydrogen-bond donors (Lipinski definition) is 0. The standard InChI is InChI=1S/C9H7F3INO/c1-14(8(15)9(10,11)12)7-5-3-2-4-6(7)13/h2-5H,1H3. The summed E-state index contributed by atoms with van der Waals surface area (Å²) in [7, 11) is 1.10. The second-order valence-corrected chi connectivity index (χ2v) is 3.98. The molecule has 0 saturated heterocycles. The van der Waals surface area contributed by atoms with E-state index in [0.29, 0.717) is 8.47 Å². The minimum absolute atomic E-state index is 0.250. The maximum Gasteiger partial charge on any atom is 0.471 e. The third-order valence-electron chi connectivity index (χ3n) is 1.76. The van der Waals surface area contributed by atoms with E-state index in [0.717, 1.165) is 7.05 Å². The molecule has 1 aromatic rings. The molecule has 0 saturated carbocycles. The van der Waals surface area contributed by atoms with Gasteiger partial charge in [0.1, 0.15) is 0 Å². The van der Waals surface area contributed by atoms with Crippen LogP contribution < -0.4 is 4.90 Å². The SMILES string of the molecule is CN(C(=O)C(F)(F)F)c1ccccc1I. The molecule has 0 aromatic heterocycles. The van der Waals surface area contributed by atoms with Gasteiger partial charge in [-0.25, -0.2) is 0 Å². The number of halogens is 4. The van der Waals surface area contributed by atoms with Crippen LogP contribution >= 0.6 is 22.6 Å². The number of carbonyl (C=O) groups excluding carboxylic acids is 1. The van der Waals surface area contributed by atoms with Gasteiger partial charge in [-0.05, 0) is 34.7 Å². The lowest BCUT2D eigenvalue weighted by atomic mass is 10.3. The highest BCUT2D eigenvalue weighted by atomic mass is 127. The van der Waals surface area contributed by atoms with E-state index in [1.807, 2.05) is 22.6 Å². The molecule has 0 bridgehead atoms. The highest BCUT2D eigenvalue weighted by molar-refractivity contribution is 14.1. The number of benzene rings is 1. The van der Waals surface area contributed by atoms with Crippen molar-refractivity contribution in [2.75, 3.05) is 11.9 Å². The number of carbonyl (C=O) groups is 1. The first-order valence-electron chi connectivity index (χ1n) is 3.93. The summed E-state index contributed by atoms with van der Waals surface area (Å²) in [5.74, 6) is -1.87. The van der Waals surface area contributed by atoms with Gasteiger partial charge in [0.15, 0.2) is 0 Å². The Morgan fingerprint density at radius 1 is 1.33 bits per heavy atom. The summed E-state index contributed by atoms with van der Waals surface area (Å²) < 4.78 is 37.0. The molecule has 0 heterocycles. The van der Waals surface area contributed by atoms with E-state index in [4.69, 9.17) is 0 Å². The molecule has 0 N–H and O–H groups in total. The lowest BCUT2D eigenvalue weighted by molar-refractivity contribution is -0.170. The van der Waals surface area contributed by atoms with Crippen LogP contribution in [0.5, 0.6) is 0 Å². The zero-order valence-electron chi connectivity index (χ0n) is 7.68. The van der Waals surface area contributed by atoms with Crippen LogP contribution in [-0.2, 0) is 4.79 Å². The molecule has 0 radical (unpaired) electrons. The molecule has 0 aliphatic rings. The maximum absolute atomic E-state index is 12.1. The van der Waals surface area contributed by atoms with Gasteiger partial charge in [-0.3, -0.25) is 4.79 Å². The summed E-state index contributed by atoms with van der Waals surface area (Å²) in [5.41, 5.74) is 0.250. The average molecular weight is 329 g/mol. The van der Waals surface area contributed by atoms with E-state index in [2.05, 4.69) is 0 Å². The number of nitrogens with zero attached hydrogens (tertiary/aromatic N) is 1. The number of amides is 1. The third-order valence-corrected chi connectivity index (χ3v) is 2.67. The first kappa shape index (κ1) is 12.3. The van der Waals surface area contributed by atoms with Crippen LogP contribution in [0.15, 0.2) is 24.3 Å². The van der Waals surface area contributed by atoms with Crippen LogP contribution in [0.3, 0.4) is 0 Å². The number of alkyl halides is 3. The molecule has 2 nitrogen and oxygen atoms in total. The number of para-hydroxylation sites is 1. The van der Waals surface area contributed by atoms with Crippen LogP contribution in [0.1, 0.15) is 0 Å². The monoisotopic (exact) mass is 329 g/mol. The molecule has 82 valence electrons. The second-order valence-electron chi connectivity index (χ2n) is 2.81. The van der Waals surface area contributed by atoms with Crippen molar-refractivity contribution in [2.45, 2.75) is 6.18 Å². The van der Waals surface area contributed by atoms with Crippen LogP contribution in [0.2, 0.25) is 0 Å². The predicted molar refractivity (Wildman–Crippen MR) is 58.6 cm³/mol. The average Bonchev–Trinajstić information content (AvgIpc) is 2.15. The first-order valence-corrected chi connectivity index (χ1v) is 5.01. The van der Waals surface area contributed by atoms with Gasteiger partial charge in [0.25, 0.3) is 0 Å². The van der Waals surface area contributed by atoms with Gasteiger partial charge in [0, 0.05) is 10.6 Å². The summed E-state index contributed by atoms with van der Waals surface area (Å²) in [5, 5.41) is 0. The van der Waals surface area contributed by atoms with Gasteiger partial charge >= 0.3 is 12.1 Å². The van der Waals surface area contributed by atoms with E-state index in [1.54, 1.807) is 18.2 Å². The topological polar surface area (TPSA) is 20.3 Å². The van der Waals surface area contributed by atoms with Crippen molar-refractivity contribution in [3.63, 3.8) is 0 Å². The Balaban J connectivity index is 3.01. The van der Waals surface area contributed by atoms with Crippen molar-refractivity contribution in [3.8, 4) is 0 Å². The van der Waals surface area contributed by atoms with Crippen LogP contribution in [-0.4, -0.2) is 19.1 Å². The molecule has 1 rings (SSSR count). The maximum atomic E-state index is 12.1. The van der Waals surface area contributed by atoms with E-state index >= 15 is 0 Å². The Morgan fingerprint density at radius 2 is 1.87 bits per heavy atom. The van der Waals surface area contributed by atoms with E-state index < -0.39 is 12.1 Å². The highest BCUT2D eigenvalue weighted by Gasteiger charge is 2.41. The van der Waals surface area contributed by atoms with Crippen molar-refractivity contribution >= 4 is 34.2 Å². The van der Waals surface area contributed by atoms with Gasteiger partial charge in [0.05, 0.1) is 5.69 Å². The number of anilines is 1. The van der Waals surface area contributed by atoms with Crippen LogP contribution in [0.25, 0.3) is 0 Å². The second kappa shape index (κ2) is 4.38. The van der Waals surface area contributed by atoms with E-state index in [-0.39, 0.29) is 5.69 Å². The molecule has 0 atom stereocenters. The highest BCUT2D eigenvalue weighted by Crippen LogP contribution is 2.25. The lowest BCUT2D eigenvalue weighted by Gasteiger charge is -2.19. The smallest absolute Gasteiger partial charge is 0.307 e. The summed E-state index contributed by atoms with van der Waals surface area (Å²) in [6, 6.07) is 6.37. The number of hydrogen-bond acceptors (Lipinski definition) is 1. The Hall–Kier alpha value is -0.790. The summed E-state index contributed by atoms with van der Waals surface area (Å²) in [6.45, 7) is 0. The Labute approximate surface area is 98.2 Å². The van der Waals surface area contributed by atoms with Crippen molar-refractivity contribution in [3.05, 3.63) is 27.8 Å². The van der Waals surface area contributed by atoms with Gasteiger partial charge in [-0.15, -0.1) is 0 Å². The fourth-order valence-electron chi connectivity index (χ4n) is 1.02. The molecular formula is C9H7F3INO. The largest absolute Gasteiger partial charge is 0.471 e. The zero-order valence-corrected chi connectivity index (χ0v) is 9.83. The molecular weight excluding hydrogens is 322 g/mol. The Bertz CT molecular complexity index is 378. The normalized spacial score (nSPS) is 11.3. The molecule has 1 amide bonds. The molecule has 0 fully saturated rings. The lowest BCUT2D eigenvalue weighted by Crippen LogP contribution is -2.38. The van der Waals surface area contributed by atoms with Crippen LogP contribution in [0.4, 0.5) is 18.9 Å². The minimum Gasteiger partial charge on any atom is -0.307 e. The van der Waals surface area contributed by atoms with Crippen molar-refractivity contribution in [1.82, 2.24) is 0 Å². The number of rotatable bonds is 1. The molecule has 15 heavy (non-hydrogen) atoms. The summed E-state index contributed by atoms with van der Waals surface area (Å²) in [4.78, 5) is 11.5. The van der Waals surface area contributed by atoms with E-state index in [1.165, 1.54) is 6.07 Å². The van der Waals surface area contributed by atoms with Gasteiger partial charge in [0.2, 0.25) is 0 Å². The zero-order chi connectivity index (χ0) is 11.6. The summed E-state index contributed by atoms with van der Waals surface area (Å²) in [6.07, 6.45) is -4.84. The fraction of sp³-hybridized carbons (Fsp3) is 0.222. The van der Waals surface area contributed by atoms with Gasteiger partial charge < -0.3 is 4.90 Å². The molecule has 0 aliphatic carbocycles. The van der Waals surface area contributed by atoms with Gasteiger partial charge in [-0.2, -0.15) is 13.2 Å². The third kappa shape index (κ3) is 2.83. The molecule has 0 spiro atoms.